The number of rotatable bonds is 7. The number of hydrogen-bond donors (Lipinski definition) is 0. The molecule has 0 bridgehead atoms. The molecule has 1 aliphatic rings. The largest absolute Gasteiger partial charge is 0.510 e. The normalized spacial score (nSPS) is 16.1. The molecule has 14 rings (SSSR count). The molecule has 0 aliphatic carbocycles. The summed E-state index contributed by atoms with van der Waals surface area (Å²) in [6, 6.07) is 42.6. The van der Waals surface area contributed by atoms with Crippen LogP contribution in [0.15, 0.2) is 206 Å². The van der Waals surface area contributed by atoms with Crippen molar-refractivity contribution >= 4 is 32.8 Å². The van der Waals surface area contributed by atoms with Crippen LogP contribution >= 0.6 is 0 Å². The van der Waals surface area contributed by atoms with E-state index < -0.39 is 126 Å². The molecule has 0 saturated heterocycles. The molecule has 0 spiro atoms. The number of hydrogen-bond acceptors (Lipinski definition) is 2. The van der Waals surface area contributed by atoms with Crippen molar-refractivity contribution in [2.45, 2.75) is 79.8 Å². The monoisotopic (exact) mass is 1290 g/mol. The van der Waals surface area contributed by atoms with Crippen molar-refractivity contribution in [3.63, 3.8) is 0 Å². The first-order chi connectivity index (χ1) is 48.2. The Morgan fingerprint density at radius 1 is 0.500 bits per heavy atom. The van der Waals surface area contributed by atoms with Gasteiger partial charge in [0.1, 0.15) is 5.82 Å². The molecular formula is C78H64N4OPt-2. The van der Waals surface area contributed by atoms with Gasteiger partial charge in [-0.25, -0.2) is 4.98 Å². The van der Waals surface area contributed by atoms with Gasteiger partial charge in [0, 0.05) is 60.7 Å². The predicted molar refractivity (Wildman–Crippen MR) is 342 cm³/mol. The van der Waals surface area contributed by atoms with E-state index >= 15 is 0 Å². The van der Waals surface area contributed by atoms with Gasteiger partial charge < -0.3 is 13.9 Å². The van der Waals surface area contributed by atoms with Crippen LogP contribution in [0.5, 0.6) is 11.5 Å². The van der Waals surface area contributed by atoms with Gasteiger partial charge in [-0.15, -0.1) is 29.7 Å². The number of aryl methyl sites for hydroxylation is 4. The first kappa shape index (κ1) is 36.0. The minimum absolute atomic E-state index is 0. The molecule has 0 atom stereocenters. The molecule has 1 aliphatic heterocycles. The van der Waals surface area contributed by atoms with E-state index in [-0.39, 0.29) is 93.6 Å². The Bertz CT molecular complexity index is 5670. The van der Waals surface area contributed by atoms with Crippen LogP contribution in [-0.2, 0) is 31.9 Å². The summed E-state index contributed by atoms with van der Waals surface area (Å²) in [6.07, 6.45) is 5.28. The second kappa shape index (κ2) is 20.8. The minimum Gasteiger partial charge on any atom is -0.510 e. The fourth-order valence-corrected chi connectivity index (χ4v) is 11.5. The molecule has 0 unspecified atom stereocenters. The topological polar surface area (TPSA) is 35.9 Å². The molecule has 0 saturated carbocycles. The van der Waals surface area contributed by atoms with Gasteiger partial charge in [0.05, 0.1) is 27.7 Å². The van der Waals surface area contributed by atoms with Gasteiger partial charge >= 0.3 is 0 Å². The van der Waals surface area contributed by atoms with Crippen LogP contribution in [0.2, 0.25) is 0 Å². The van der Waals surface area contributed by atoms with E-state index in [4.69, 9.17) is 17.9 Å². The molecule has 5 nitrogen and oxygen atoms in total. The van der Waals surface area contributed by atoms with Crippen molar-refractivity contribution in [2.75, 3.05) is 0 Å². The quantitative estimate of drug-likeness (QED) is 0.118. The van der Waals surface area contributed by atoms with Gasteiger partial charge in [-0.3, -0.25) is 4.57 Å². The number of para-hydroxylation sites is 1. The summed E-state index contributed by atoms with van der Waals surface area (Å²) >= 11 is 0. The zero-order chi connectivity index (χ0) is 74.0. The van der Waals surface area contributed by atoms with Crippen LogP contribution in [0.3, 0.4) is 0 Å². The van der Waals surface area contributed by atoms with E-state index in [1.165, 1.54) is 53.1 Å². The van der Waals surface area contributed by atoms with Crippen molar-refractivity contribution in [2.24, 2.45) is 0 Å². The third-order valence-electron chi connectivity index (χ3n) is 15.6. The molecule has 10 aromatic carbocycles. The fourth-order valence-electron chi connectivity index (χ4n) is 11.5. The number of aromatic nitrogens is 4. The van der Waals surface area contributed by atoms with Crippen LogP contribution < -0.4 is 9.30 Å². The number of benzene rings is 10. The third kappa shape index (κ3) is 9.21. The Labute approximate surface area is 535 Å². The van der Waals surface area contributed by atoms with Gasteiger partial charge in [0.15, 0.2) is 0 Å². The second-order valence-electron chi connectivity index (χ2n) is 23.0. The van der Waals surface area contributed by atoms with Crippen LogP contribution in [-0.4, -0.2) is 14.1 Å². The standard InChI is InChI=1S/C78H64N4O.Pt/c1-48-20-17-21-49(2)73(48)54-41-66-62-28-13-11-26-60(62)61-27-12-14-29-63(61)67-40-53(52-32-34-55(35-33-52)77(5,6)7)43-71-76(67)81(75(66)68(42-54)74-50(3)22-18-23-51(74)4)47-80(71)57-24-19-25-58(45-57)83-59-36-37-65-64-30-15-16-31-69(64)82(70(65)46-59)72-44-56(38-39-79-72)78(8,9)10;/h11-44H,1-10H3;/q-2;/i1D3,2D3,3D3,4D3,11D,12D,13D,14D,26D,27D,28D,29D;. The average Bonchev–Trinajstić information content (AvgIpc) is 1.53. The Balaban J connectivity index is 0.00000961. The first-order valence-electron chi connectivity index (χ1n) is 37.2. The molecule has 0 radical (unpaired) electrons. The summed E-state index contributed by atoms with van der Waals surface area (Å²) in [4.78, 5) is 4.85. The van der Waals surface area contributed by atoms with Crippen molar-refractivity contribution < 1.29 is 57.8 Å². The van der Waals surface area contributed by atoms with Gasteiger partial charge in [0.25, 0.3) is 6.33 Å². The van der Waals surface area contributed by atoms with E-state index in [2.05, 4.69) is 66.1 Å². The Hall–Kier alpha value is -8.89. The summed E-state index contributed by atoms with van der Waals surface area (Å²) in [7, 11) is 0. The Kier molecular flexibility index (Phi) is 8.89. The average molecular weight is 1290 g/mol. The van der Waals surface area contributed by atoms with Gasteiger partial charge in [-0.1, -0.05) is 180 Å². The van der Waals surface area contributed by atoms with Crippen molar-refractivity contribution in [1.29, 1.82) is 0 Å². The van der Waals surface area contributed by atoms with E-state index in [0.29, 0.717) is 22.5 Å². The molecule has 0 amide bonds. The maximum atomic E-state index is 10.2. The maximum absolute atomic E-state index is 10.2. The molecule has 4 heterocycles. The number of pyridine rings is 1. The smallest absolute Gasteiger partial charge is 0.268 e. The number of imidazole rings is 1. The second-order valence-corrected chi connectivity index (χ2v) is 23.0. The molecule has 6 heteroatoms. The molecule has 414 valence electrons. The molecule has 3 aromatic heterocycles. The first-order valence-corrected chi connectivity index (χ1v) is 27.2. The van der Waals surface area contributed by atoms with Gasteiger partial charge in [0.2, 0.25) is 0 Å². The Morgan fingerprint density at radius 2 is 1.10 bits per heavy atom. The van der Waals surface area contributed by atoms with E-state index in [1.807, 2.05) is 65.2 Å². The molecule has 84 heavy (non-hydrogen) atoms. The molecular weight excluding hydrogens is 1200 g/mol. The summed E-state index contributed by atoms with van der Waals surface area (Å²) < 4.78 is 199. The molecule has 0 fully saturated rings. The predicted octanol–water partition coefficient (Wildman–Crippen LogP) is 19.7. The summed E-state index contributed by atoms with van der Waals surface area (Å²) in [6.45, 7) is 0.0508. The van der Waals surface area contributed by atoms with Crippen LogP contribution in [0, 0.1) is 45.9 Å². The Morgan fingerprint density at radius 3 is 1.76 bits per heavy atom. The minimum atomic E-state index is -3.17. The van der Waals surface area contributed by atoms with E-state index in [0.717, 1.165) is 27.4 Å². The van der Waals surface area contributed by atoms with Crippen molar-refractivity contribution in [3.05, 3.63) is 258 Å². The van der Waals surface area contributed by atoms with Crippen LogP contribution in [0.4, 0.5) is 0 Å². The summed E-state index contributed by atoms with van der Waals surface area (Å²) in [5, 5.41) is 1.82. The molecule has 0 N–H and O–H groups in total. The number of nitrogens with zero attached hydrogens (tertiary/aromatic N) is 4. The van der Waals surface area contributed by atoms with E-state index in [9.17, 15) is 19.2 Å². The van der Waals surface area contributed by atoms with Crippen LogP contribution in [0.1, 0.15) is 102 Å². The number of fused-ring (bicyclic) bond motifs is 10. The van der Waals surface area contributed by atoms with Crippen LogP contribution in [0.25, 0.3) is 117 Å². The van der Waals surface area contributed by atoms with E-state index in [1.54, 1.807) is 47.2 Å². The van der Waals surface area contributed by atoms with Crippen molar-refractivity contribution in [1.82, 2.24) is 14.1 Å². The fraction of sp³-hybridized carbons (Fsp3) is 0.154. The zero-order valence-electron chi connectivity index (χ0n) is 66.5. The zero-order valence-corrected chi connectivity index (χ0v) is 48.8. The van der Waals surface area contributed by atoms with Gasteiger partial charge in [-0.05, 0) is 186 Å². The third-order valence-corrected chi connectivity index (χ3v) is 15.6. The SMILES string of the molecule is [2H]c1c([2H])c([2H])c2c(c1[2H])-c1cc(-c3c(C([2H])([2H])[2H])cccc3C([2H])([2H])[2H])cc(-c3c(C([2H])([2H])[2H])cccc3C([2H])([2H])[2H])c1-[n+]1[c-]n(-c3[c-]c(Oc4[c-]c5c(cc4)c4ccccc4n5-c4cc(C(C)(C)C)ccn4)ccc3)c3cc(-c4ccc(C(C)(C)C)cc4)cc(c31)-c1c([2H])c([2H])c([2H])c([2H])c1-2.[Pt]. The van der Waals surface area contributed by atoms with Crippen molar-refractivity contribution in [3.8, 4) is 95.5 Å². The molecule has 13 aromatic rings. The summed E-state index contributed by atoms with van der Waals surface area (Å²) in [5.74, 6) is 1.09. The summed E-state index contributed by atoms with van der Waals surface area (Å²) in [5.41, 5.74) is -1.32. The maximum Gasteiger partial charge on any atom is 0.268 e. The van der Waals surface area contributed by atoms with Gasteiger partial charge in [-0.2, -0.15) is 18.2 Å². The number of ether oxygens (including phenoxy) is 1.